The second-order valence-electron chi connectivity index (χ2n) is 4.40. The number of nitrogens with zero attached hydrogens (tertiary/aromatic N) is 1. The Morgan fingerprint density at radius 1 is 1.33 bits per heavy atom. The van der Waals surface area contributed by atoms with Gasteiger partial charge in [-0.3, -0.25) is 0 Å². The highest BCUT2D eigenvalue weighted by atomic mass is 127. The number of halogens is 1. The lowest BCUT2D eigenvalue weighted by Crippen LogP contribution is -2.40. The first-order valence-electron chi connectivity index (χ1n) is 5.99. The first-order valence-corrected chi connectivity index (χ1v) is 7.07. The topological polar surface area (TPSA) is 49.8 Å². The van der Waals surface area contributed by atoms with Gasteiger partial charge in [0.05, 0.1) is 6.10 Å². The molecule has 2 rings (SSSR count). The van der Waals surface area contributed by atoms with Crippen LogP contribution in [0.5, 0.6) is 0 Å². The van der Waals surface area contributed by atoms with Crippen LogP contribution in [0.15, 0.2) is 24.3 Å². The molecule has 1 aromatic carbocycles. The minimum absolute atomic E-state index is 0.273. The normalized spacial score (nSPS) is 16.7. The molecule has 1 aliphatic rings. The number of carbonyl (C=O) groups excluding carboxylic acids is 1. The SMILES string of the molecule is O=C(OCc1ccc(I)cc1)N1CCC(O)CC1. The Balaban J connectivity index is 1.79. The number of aliphatic hydroxyl groups excluding tert-OH is 1. The zero-order valence-corrected chi connectivity index (χ0v) is 12.2. The molecule has 0 aliphatic carbocycles. The number of aliphatic hydroxyl groups is 1. The minimum atomic E-state index is -0.291. The summed E-state index contributed by atoms with van der Waals surface area (Å²) in [5.74, 6) is 0. The third-order valence-electron chi connectivity index (χ3n) is 3.00. The van der Waals surface area contributed by atoms with Gasteiger partial charge in [0, 0.05) is 16.7 Å². The molecule has 1 aromatic rings. The Morgan fingerprint density at radius 2 is 1.94 bits per heavy atom. The fourth-order valence-electron chi connectivity index (χ4n) is 1.87. The standard InChI is InChI=1S/C13H16INO3/c14-11-3-1-10(2-4-11)9-18-13(17)15-7-5-12(16)6-8-15/h1-4,12,16H,5-9H2. The average molecular weight is 361 g/mol. The van der Waals surface area contributed by atoms with E-state index >= 15 is 0 Å². The number of carbonyl (C=O) groups is 1. The highest BCUT2D eigenvalue weighted by molar-refractivity contribution is 14.1. The van der Waals surface area contributed by atoms with Gasteiger partial charge in [-0.1, -0.05) is 12.1 Å². The summed E-state index contributed by atoms with van der Waals surface area (Å²) >= 11 is 2.24. The van der Waals surface area contributed by atoms with E-state index in [1.165, 1.54) is 0 Å². The first-order chi connectivity index (χ1) is 8.65. The molecule has 0 unspecified atom stereocenters. The lowest BCUT2D eigenvalue weighted by Gasteiger charge is -2.28. The summed E-state index contributed by atoms with van der Waals surface area (Å²) in [4.78, 5) is 13.4. The van der Waals surface area contributed by atoms with Crippen LogP contribution in [0, 0.1) is 3.57 Å². The van der Waals surface area contributed by atoms with Crippen molar-refractivity contribution in [2.24, 2.45) is 0 Å². The molecule has 1 aliphatic heterocycles. The fraction of sp³-hybridized carbons (Fsp3) is 0.462. The quantitative estimate of drug-likeness (QED) is 0.823. The van der Waals surface area contributed by atoms with Crippen molar-refractivity contribution in [2.75, 3.05) is 13.1 Å². The maximum absolute atomic E-state index is 11.8. The number of hydrogen-bond acceptors (Lipinski definition) is 3. The highest BCUT2D eigenvalue weighted by Gasteiger charge is 2.22. The van der Waals surface area contributed by atoms with Crippen LogP contribution >= 0.6 is 22.6 Å². The molecule has 0 bridgehead atoms. The van der Waals surface area contributed by atoms with E-state index < -0.39 is 0 Å². The second kappa shape index (κ2) is 6.38. The zero-order chi connectivity index (χ0) is 13.0. The van der Waals surface area contributed by atoms with Gasteiger partial charge in [-0.2, -0.15) is 0 Å². The van der Waals surface area contributed by atoms with E-state index in [1.807, 2.05) is 24.3 Å². The largest absolute Gasteiger partial charge is 0.445 e. The van der Waals surface area contributed by atoms with Gasteiger partial charge in [-0.15, -0.1) is 0 Å². The van der Waals surface area contributed by atoms with Crippen LogP contribution in [0.4, 0.5) is 4.79 Å². The predicted octanol–water partition coefficient (Wildman–Crippen LogP) is 2.38. The number of benzene rings is 1. The number of likely N-dealkylation sites (tertiary alicyclic amines) is 1. The van der Waals surface area contributed by atoms with Crippen LogP contribution in [0.1, 0.15) is 18.4 Å². The number of amides is 1. The summed E-state index contributed by atoms with van der Waals surface area (Å²) in [7, 11) is 0. The number of hydrogen-bond donors (Lipinski definition) is 1. The molecule has 1 N–H and O–H groups in total. The summed E-state index contributed by atoms with van der Waals surface area (Å²) in [5.41, 5.74) is 0.987. The molecule has 1 saturated heterocycles. The molecular formula is C13H16INO3. The van der Waals surface area contributed by atoms with Crippen LogP contribution in [-0.2, 0) is 11.3 Å². The molecule has 5 heteroatoms. The van der Waals surface area contributed by atoms with Crippen molar-refractivity contribution in [3.63, 3.8) is 0 Å². The van der Waals surface area contributed by atoms with Crippen molar-refractivity contribution in [1.29, 1.82) is 0 Å². The van der Waals surface area contributed by atoms with Crippen molar-refractivity contribution in [2.45, 2.75) is 25.6 Å². The molecule has 18 heavy (non-hydrogen) atoms. The molecule has 0 saturated carbocycles. The maximum Gasteiger partial charge on any atom is 0.410 e. The van der Waals surface area contributed by atoms with Crippen LogP contribution < -0.4 is 0 Å². The van der Waals surface area contributed by atoms with E-state index in [9.17, 15) is 9.90 Å². The molecule has 1 heterocycles. The van der Waals surface area contributed by atoms with E-state index in [2.05, 4.69) is 22.6 Å². The average Bonchev–Trinajstić information content (AvgIpc) is 2.38. The van der Waals surface area contributed by atoms with Gasteiger partial charge in [0.25, 0.3) is 0 Å². The molecule has 0 aromatic heterocycles. The van der Waals surface area contributed by atoms with Crippen molar-refractivity contribution in [3.8, 4) is 0 Å². The summed E-state index contributed by atoms with van der Waals surface area (Å²) in [6.07, 6.45) is 0.711. The zero-order valence-electron chi connectivity index (χ0n) is 10.0. The van der Waals surface area contributed by atoms with Gasteiger partial charge in [0.1, 0.15) is 6.61 Å². The van der Waals surface area contributed by atoms with E-state index in [-0.39, 0.29) is 12.2 Å². The lowest BCUT2D eigenvalue weighted by molar-refractivity contribution is 0.0560. The van der Waals surface area contributed by atoms with E-state index in [4.69, 9.17) is 4.74 Å². The van der Waals surface area contributed by atoms with E-state index in [1.54, 1.807) is 4.90 Å². The van der Waals surface area contributed by atoms with Crippen LogP contribution in [0.3, 0.4) is 0 Å². The third kappa shape index (κ3) is 3.84. The number of piperidine rings is 1. The summed E-state index contributed by atoms with van der Waals surface area (Å²) in [5, 5.41) is 9.36. The minimum Gasteiger partial charge on any atom is -0.445 e. The summed E-state index contributed by atoms with van der Waals surface area (Å²) in [6, 6.07) is 7.88. The Morgan fingerprint density at radius 3 is 2.56 bits per heavy atom. The molecule has 1 amide bonds. The Kier molecular flexibility index (Phi) is 4.82. The Bertz CT molecular complexity index is 399. The molecule has 0 spiro atoms. The highest BCUT2D eigenvalue weighted by Crippen LogP contribution is 2.12. The molecule has 4 nitrogen and oxygen atoms in total. The molecule has 0 atom stereocenters. The van der Waals surface area contributed by atoms with Crippen molar-refractivity contribution < 1.29 is 14.6 Å². The second-order valence-corrected chi connectivity index (χ2v) is 5.64. The third-order valence-corrected chi connectivity index (χ3v) is 3.72. The van der Waals surface area contributed by atoms with Gasteiger partial charge in [-0.25, -0.2) is 4.79 Å². The van der Waals surface area contributed by atoms with E-state index in [0.29, 0.717) is 32.5 Å². The fourth-order valence-corrected chi connectivity index (χ4v) is 2.23. The Labute approximate surface area is 120 Å². The summed E-state index contributed by atoms with van der Waals surface area (Å²) in [6.45, 7) is 1.45. The van der Waals surface area contributed by atoms with Gasteiger partial charge in [0.2, 0.25) is 0 Å². The number of rotatable bonds is 2. The van der Waals surface area contributed by atoms with Crippen molar-refractivity contribution in [3.05, 3.63) is 33.4 Å². The monoisotopic (exact) mass is 361 g/mol. The summed E-state index contributed by atoms with van der Waals surface area (Å²) < 4.78 is 6.41. The van der Waals surface area contributed by atoms with Crippen LogP contribution in [0.25, 0.3) is 0 Å². The van der Waals surface area contributed by atoms with E-state index in [0.717, 1.165) is 9.13 Å². The van der Waals surface area contributed by atoms with Gasteiger partial charge in [0.15, 0.2) is 0 Å². The van der Waals surface area contributed by atoms with Crippen molar-refractivity contribution >= 4 is 28.7 Å². The van der Waals surface area contributed by atoms with Crippen LogP contribution in [0.2, 0.25) is 0 Å². The molecule has 0 radical (unpaired) electrons. The predicted molar refractivity (Wildman–Crippen MR) is 76.2 cm³/mol. The van der Waals surface area contributed by atoms with Gasteiger partial charge >= 0.3 is 6.09 Å². The lowest BCUT2D eigenvalue weighted by atomic mass is 10.1. The molecular weight excluding hydrogens is 345 g/mol. The van der Waals surface area contributed by atoms with Gasteiger partial charge < -0.3 is 14.7 Å². The smallest absolute Gasteiger partial charge is 0.410 e. The molecule has 1 fully saturated rings. The molecule has 98 valence electrons. The van der Waals surface area contributed by atoms with Crippen LogP contribution in [-0.4, -0.2) is 35.3 Å². The Hall–Kier alpha value is -0.820. The van der Waals surface area contributed by atoms with Crippen molar-refractivity contribution in [1.82, 2.24) is 4.90 Å². The first kappa shape index (κ1) is 13.6. The van der Waals surface area contributed by atoms with Gasteiger partial charge in [-0.05, 0) is 53.1 Å². The maximum atomic E-state index is 11.8. The number of ether oxygens (including phenoxy) is 1.